The van der Waals surface area contributed by atoms with Gasteiger partial charge in [-0.2, -0.15) is 0 Å². The van der Waals surface area contributed by atoms with Crippen LogP contribution < -0.4 is 5.73 Å². The van der Waals surface area contributed by atoms with E-state index in [0.717, 1.165) is 12.6 Å². The molecule has 1 aliphatic heterocycles. The summed E-state index contributed by atoms with van der Waals surface area (Å²) in [4.78, 5) is 5.03. The molecule has 1 heterocycles. The van der Waals surface area contributed by atoms with Crippen LogP contribution in [-0.4, -0.2) is 55.1 Å². The van der Waals surface area contributed by atoms with Crippen LogP contribution in [0, 0.1) is 0 Å². The second-order valence-corrected chi connectivity index (χ2v) is 5.20. The third-order valence-corrected chi connectivity index (χ3v) is 3.75. The van der Waals surface area contributed by atoms with Crippen molar-refractivity contribution in [1.82, 2.24) is 9.80 Å². The zero-order chi connectivity index (χ0) is 12.0. The van der Waals surface area contributed by atoms with Crippen molar-refractivity contribution in [3.05, 3.63) is 0 Å². The standard InChI is InChI=1S/C13H29N3/c1-4-6-7-12(14)10-16-9-8-15(3)13(5-2)11-16/h12-13H,4-11,14H2,1-3H3. The van der Waals surface area contributed by atoms with Gasteiger partial charge >= 0.3 is 0 Å². The zero-order valence-electron chi connectivity index (χ0n) is 11.3. The summed E-state index contributed by atoms with van der Waals surface area (Å²) in [6.45, 7) is 9.18. The number of nitrogens with two attached hydrogens (primary N) is 1. The van der Waals surface area contributed by atoms with E-state index >= 15 is 0 Å². The minimum Gasteiger partial charge on any atom is -0.327 e. The first kappa shape index (κ1) is 13.9. The third kappa shape index (κ3) is 4.40. The molecule has 0 radical (unpaired) electrons. The molecular weight excluding hydrogens is 198 g/mol. The van der Waals surface area contributed by atoms with Gasteiger partial charge in [-0.25, -0.2) is 0 Å². The van der Waals surface area contributed by atoms with Crippen LogP contribution >= 0.6 is 0 Å². The van der Waals surface area contributed by atoms with Crippen molar-refractivity contribution in [2.75, 3.05) is 33.2 Å². The Bertz CT molecular complexity index is 184. The molecule has 2 atom stereocenters. The Balaban J connectivity index is 2.27. The van der Waals surface area contributed by atoms with Crippen LogP contribution in [0.5, 0.6) is 0 Å². The smallest absolute Gasteiger partial charge is 0.0218 e. The van der Waals surface area contributed by atoms with Gasteiger partial charge in [0.25, 0.3) is 0 Å². The first-order chi connectivity index (χ1) is 7.67. The Labute approximate surface area is 101 Å². The predicted molar refractivity (Wildman–Crippen MR) is 70.6 cm³/mol. The number of hydrogen-bond donors (Lipinski definition) is 1. The molecule has 2 N–H and O–H groups in total. The topological polar surface area (TPSA) is 32.5 Å². The second kappa shape index (κ2) is 7.25. The van der Waals surface area contributed by atoms with Gasteiger partial charge in [0.15, 0.2) is 0 Å². The van der Waals surface area contributed by atoms with Crippen molar-refractivity contribution < 1.29 is 0 Å². The average molecular weight is 227 g/mol. The molecule has 0 aromatic carbocycles. The van der Waals surface area contributed by atoms with Crippen LogP contribution in [0.15, 0.2) is 0 Å². The predicted octanol–water partition coefficient (Wildman–Crippen LogP) is 1.53. The molecule has 0 aliphatic carbocycles. The van der Waals surface area contributed by atoms with E-state index in [1.165, 1.54) is 45.3 Å². The highest BCUT2D eigenvalue weighted by Gasteiger charge is 2.23. The minimum atomic E-state index is 0.376. The van der Waals surface area contributed by atoms with Gasteiger partial charge in [0.2, 0.25) is 0 Å². The molecule has 0 aromatic rings. The van der Waals surface area contributed by atoms with Crippen LogP contribution in [0.4, 0.5) is 0 Å². The highest BCUT2D eigenvalue weighted by Crippen LogP contribution is 2.11. The van der Waals surface area contributed by atoms with Crippen molar-refractivity contribution >= 4 is 0 Å². The van der Waals surface area contributed by atoms with E-state index in [2.05, 4.69) is 30.7 Å². The summed E-state index contributed by atoms with van der Waals surface area (Å²) in [5.74, 6) is 0. The molecule has 1 aliphatic rings. The Hall–Kier alpha value is -0.120. The molecule has 0 spiro atoms. The van der Waals surface area contributed by atoms with Crippen LogP contribution in [-0.2, 0) is 0 Å². The summed E-state index contributed by atoms with van der Waals surface area (Å²) < 4.78 is 0. The van der Waals surface area contributed by atoms with Gasteiger partial charge in [0.05, 0.1) is 0 Å². The number of hydrogen-bond acceptors (Lipinski definition) is 3. The maximum absolute atomic E-state index is 6.16. The summed E-state index contributed by atoms with van der Waals surface area (Å²) in [5.41, 5.74) is 6.16. The molecule has 3 nitrogen and oxygen atoms in total. The van der Waals surface area contributed by atoms with E-state index in [9.17, 15) is 0 Å². The van der Waals surface area contributed by atoms with Gasteiger partial charge in [-0.05, 0) is 19.9 Å². The van der Waals surface area contributed by atoms with Crippen molar-refractivity contribution in [3.8, 4) is 0 Å². The highest BCUT2D eigenvalue weighted by atomic mass is 15.3. The minimum absolute atomic E-state index is 0.376. The number of rotatable bonds is 6. The van der Waals surface area contributed by atoms with E-state index < -0.39 is 0 Å². The number of piperazine rings is 1. The summed E-state index contributed by atoms with van der Waals surface area (Å²) in [7, 11) is 2.24. The molecule has 1 rings (SSSR count). The molecule has 1 fully saturated rings. The van der Waals surface area contributed by atoms with Crippen LogP contribution in [0.2, 0.25) is 0 Å². The van der Waals surface area contributed by atoms with Gasteiger partial charge in [0.1, 0.15) is 0 Å². The van der Waals surface area contributed by atoms with E-state index in [4.69, 9.17) is 5.73 Å². The lowest BCUT2D eigenvalue weighted by atomic mass is 10.1. The van der Waals surface area contributed by atoms with Crippen LogP contribution in [0.3, 0.4) is 0 Å². The Morgan fingerprint density at radius 3 is 2.69 bits per heavy atom. The first-order valence-electron chi connectivity index (χ1n) is 6.85. The fourth-order valence-corrected chi connectivity index (χ4v) is 2.51. The largest absolute Gasteiger partial charge is 0.327 e. The van der Waals surface area contributed by atoms with Crippen molar-refractivity contribution in [2.45, 2.75) is 51.6 Å². The van der Waals surface area contributed by atoms with Crippen LogP contribution in [0.1, 0.15) is 39.5 Å². The lowest BCUT2D eigenvalue weighted by Gasteiger charge is -2.40. The van der Waals surface area contributed by atoms with E-state index in [0.29, 0.717) is 6.04 Å². The lowest BCUT2D eigenvalue weighted by Crippen LogP contribution is -2.53. The monoisotopic (exact) mass is 227 g/mol. The maximum Gasteiger partial charge on any atom is 0.0218 e. The molecule has 0 bridgehead atoms. The van der Waals surface area contributed by atoms with Gasteiger partial charge in [-0.3, -0.25) is 4.90 Å². The van der Waals surface area contributed by atoms with Crippen molar-refractivity contribution in [2.24, 2.45) is 5.73 Å². The summed E-state index contributed by atoms with van der Waals surface area (Å²) in [6.07, 6.45) is 4.96. The molecule has 2 unspecified atom stereocenters. The van der Waals surface area contributed by atoms with E-state index in [1.54, 1.807) is 0 Å². The third-order valence-electron chi connectivity index (χ3n) is 3.75. The molecule has 3 heteroatoms. The Morgan fingerprint density at radius 1 is 1.31 bits per heavy atom. The van der Waals surface area contributed by atoms with Crippen LogP contribution in [0.25, 0.3) is 0 Å². The fourth-order valence-electron chi connectivity index (χ4n) is 2.51. The first-order valence-corrected chi connectivity index (χ1v) is 6.85. The SMILES string of the molecule is CCCCC(N)CN1CCN(C)C(CC)C1. The summed E-state index contributed by atoms with van der Waals surface area (Å²) in [5, 5.41) is 0. The summed E-state index contributed by atoms with van der Waals surface area (Å²) >= 11 is 0. The molecule has 0 aromatic heterocycles. The normalized spacial score (nSPS) is 25.9. The fraction of sp³-hybridized carbons (Fsp3) is 1.00. The van der Waals surface area contributed by atoms with E-state index in [1.807, 2.05) is 0 Å². The highest BCUT2D eigenvalue weighted by molar-refractivity contribution is 4.81. The molecule has 0 amide bonds. The number of nitrogens with zero attached hydrogens (tertiary/aromatic N) is 2. The molecule has 96 valence electrons. The van der Waals surface area contributed by atoms with Gasteiger partial charge in [-0.1, -0.05) is 26.7 Å². The van der Waals surface area contributed by atoms with E-state index in [-0.39, 0.29) is 0 Å². The van der Waals surface area contributed by atoms with Gasteiger partial charge in [-0.15, -0.1) is 0 Å². The zero-order valence-corrected chi connectivity index (χ0v) is 11.3. The molecule has 16 heavy (non-hydrogen) atoms. The van der Waals surface area contributed by atoms with Crippen molar-refractivity contribution in [1.29, 1.82) is 0 Å². The molecular formula is C13H29N3. The average Bonchev–Trinajstić information content (AvgIpc) is 2.29. The maximum atomic E-state index is 6.16. The number of likely N-dealkylation sites (N-methyl/N-ethyl adjacent to an activating group) is 1. The molecule has 0 saturated carbocycles. The second-order valence-electron chi connectivity index (χ2n) is 5.20. The van der Waals surface area contributed by atoms with Crippen molar-refractivity contribution in [3.63, 3.8) is 0 Å². The Morgan fingerprint density at radius 2 is 2.06 bits per heavy atom. The Kier molecular flexibility index (Phi) is 6.32. The molecule has 1 saturated heterocycles. The quantitative estimate of drug-likeness (QED) is 0.747. The number of unbranched alkanes of at least 4 members (excludes halogenated alkanes) is 1. The van der Waals surface area contributed by atoms with Gasteiger partial charge in [0, 0.05) is 38.3 Å². The summed E-state index contributed by atoms with van der Waals surface area (Å²) in [6, 6.07) is 1.10. The van der Waals surface area contributed by atoms with Gasteiger partial charge < -0.3 is 10.6 Å². The lowest BCUT2D eigenvalue weighted by molar-refractivity contribution is 0.0882.